The lowest BCUT2D eigenvalue weighted by molar-refractivity contribution is -0.129. The zero-order chi connectivity index (χ0) is 32.0. The number of furan rings is 1. The van der Waals surface area contributed by atoms with Crippen molar-refractivity contribution in [3.63, 3.8) is 0 Å². The molecule has 0 aliphatic carbocycles. The summed E-state index contributed by atoms with van der Waals surface area (Å²) in [6.45, 7) is 0.0856. The first-order chi connectivity index (χ1) is 21.6. The quantitative estimate of drug-likeness (QED) is 0.116. The summed E-state index contributed by atoms with van der Waals surface area (Å²) in [6, 6.07) is 20.3. The van der Waals surface area contributed by atoms with Gasteiger partial charge >= 0.3 is 6.16 Å². The summed E-state index contributed by atoms with van der Waals surface area (Å²) < 4.78 is 53.1. The number of carbonyl (C=O) groups excluding carboxylic acids is 1. The molecule has 5 rings (SSSR count). The number of nitrogens with one attached hydrogen (secondary N) is 1. The first-order valence-electron chi connectivity index (χ1n) is 13.5. The van der Waals surface area contributed by atoms with Crippen molar-refractivity contribution in [3.8, 4) is 17.1 Å². The zero-order valence-electron chi connectivity index (χ0n) is 24.2. The average Bonchev–Trinajstić information content (AvgIpc) is 3.47. The molecule has 3 aromatic carbocycles. The highest BCUT2D eigenvalue weighted by atomic mass is 35.5. The Kier molecular flexibility index (Phi) is 9.81. The monoisotopic (exact) mass is 654 g/mol. The summed E-state index contributed by atoms with van der Waals surface area (Å²) in [4.78, 5) is 25.5. The van der Waals surface area contributed by atoms with E-state index in [0.717, 1.165) is 24.0 Å². The lowest BCUT2D eigenvalue weighted by Crippen LogP contribution is -2.31. The number of hydrogen-bond donors (Lipinski definition) is 1. The predicted molar refractivity (Wildman–Crippen MR) is 166 cm³/mol. The van der Waals surface area contributed by atoms with Crippen LogP contribution in [0.15, 0.2) is 83.5 Å². The third kappa shape index (κ3) is 8.69. The number of halogens is 2. The Labute approximate surface area is 263 Å². The molecule has 11 nitrogen and oxygen atoms in total. The van der Waals surface area contributed by atoms with E-state index in [4.69, 9.17) is 25.6 Å². The van der Waals surface area contributed by atoms with E-state index in [0.29, 0.717) is 50.3 Å². The first-order valence-corrected chi connectivity index (χ1v) is 16.0. The molecule has 2 heterocycles. The number of nitrogens with zero attached hydrogens (tertiary/aromatic N) is 3. The number of anilines is 2. The van der Waals surface area contributed by atoms with E-state index in [1.54, 1.807) is 42.5 Å². The largest absolute Gasteiger partial charge is 0.527 e. The number of hydrogen-bond acceptors (Lipinski definition) is 11. The fourth-order valence-corrected chi connectivity index (χ4v) is 5.06. The van der Waals surface area contributed by atoms with Gasteiger partial charge in [-0.05, 0) is 66.2 Å². The van der Waals surface area contributed by atoms with E-state index < -0.39 is 16.0 Å². The van der Waals surface area contributed by atoms with Crippen LogP contribution in [0.4, 0.5) is 20.7 Å². The van der Waals surface area contributed by atoms with E-state index >= 15 is 0 Å². The van der Waals surface area contributed by atoms with Crippen molar-refractivity contribution in [2.75, 3.05) is 31.0 Å². The van der Waals surface area contributed by atoms with Crippen molar-refractivity contribution >= 4 is 50.0 Å². The SMILES string of the molecule is COC(=O)ON(CCS(C)(=O)=O)Cc1ccc(-c2ccc3ncnc(Nc4ccc(OCc5cccc(F)c5)c(Cl)c4)c3c2)o1. The molecule has 234 valence electrons. The highest BCUT2D eigenvalue weighted by Crippen LogP contribution is 2.33. The molecule has 0 bridgehead atoms. The topological polar surface area (TPSA) is 133 Å². The molecule has 45 heavy (non-hydrogen) atoms. The minimum atomic E-state index is -3.31. The van der Waals surface area contributed by atoms with Gasteiger partial charge in [-0.1, -0.05) is 23.7 Å². The maximum Gasteiger partial charge on any atom is 0.527 e. The summed E-state index contributed by atoms with van der Waals surface area (Å²) in [7, 11) is -2.15. The van der Waals surface area contributed by atoms with Gasteiger partial charge in [0, 0.05) is 29.4 Å². The van der Waals surface area contributed by atoms with E-state index in [1.807, 2.05) is 18.2 Å². The van der Waals surface area contributed by atoms with Gasteiger partial charge in [-0.2, -0.15) is 0 Å². The van der Waals surface area contributed by atoms with Crippen LogP contribution in [0.3, 0.4) is 0 Å². The number of fused-ring (bicyclic) bond motifs is 1. The summed E-state index contributed by atoms with van der Waals surface area (Å²) in [6.07, 6.45) is 1.56. The van der Waals surface area contributed by atoms with Crippen molar-refractivity contribution in [1.29, 1.82) is 0 Å². The second kappa shape index (κ2) is 13.9. The minimum Gasteiger partial charge on any atom is -0.487 e. The molecule has 1 N–H and O–H groups in total. The molecule has 0 spiro atoms. The zero-order valence-corrected chi connectivity index (χ0v) is 25.8. The highest BCUT2D eigenvalue weighted by Gasteiger charge is 2.18. The molecule has 0 fully saturated rings. The van der Waals surface area contributed by atoms with Gasteiger partial charge in [-0.15, -0.1) is 5.06 Å². The van der Waals surface area contributed by atoms with Crippen LogP contribution in [0.5, 0.6) is 5.75 Å². The second-order valence-electron chi connectivity index (χ2n) is 9.95. The van der Waals surface area contributed by atoms with Gasteiger partial charge in [0.25, 0.3) is 0 Å². The Hall–Kier alpha value is -4.72. The maximum atomic E-state index is 13.5. The number of ether oxygens (including phenoxy) is 2. The normalized spacial score (nSPS) is 11.5. The van der Waals surface area contributed by atoms with Gasteiger partial charge in [-0.25, -0.2) is 27.6 Å². The van der Waals surface area contributed by atoms with Gasteiger partial charge in [0.15, 0.2) is 0 Å². The molecule has 0 atom stereocenters. The van der Waals surface area contributed by atoms with E-state index in [9.17, 15) is 17.6 Å². The van der Waals surface area contributed by atoms with Gasteiger partial charge < -0.3 is 24.0 Å². The number of hydroxylamine groups is 2. The van der Waals surface area contributed by atoms with Gasteiger partial charge in [0.2, 0.25) is 0 Å². The van der Waals surface area contributed by atoms with Crippen molar-refractivity contribution < 1.29 is 36.3 Å². The van der Waals surface area contributed by atoms with Gasteiger partial charge in [0.05, 0.1) is 29.9 Å². The number of carbonyl (C=O) groups is 1. The highest BCUT2D eigenvalue weighted by molar-refractivity contribution is 7.90. The molecule has 0 saturated carbocycles. The molecular formula is C31H28ClFN4O7S. The first kappa shape index (κ1) is 31.7. The molecule has 14 heteroatoms. The van der Waals surface area contributed by atoms with Crippen LogP contribution in [0.25, 0.3) is 22.2 Å². The Balaban J connectivity index is 1.32. The number of aromatic nitrogens is 2. The minimum absolute atomic E-state index is 0.00315. The van der Waals surface area contributed by atoms with Crippen LogP contribution in [0.1, 0.15) is 11.3 Å². The number of benzene rings is 3. The van der Waals surface area contributed by atoms with Crippen molar-refractivity contribution in [1.82, 2.24) is 15.0 Å². The third-order valence-electron chi connectivity index (χ3n) is 6.47. The lowest BCUT2D eigenvalue weighted by Gasteiger charge is -2.18. The second-order valence-corrected chi connectivity index (χ2v) is 12.6. The summed E-state index contributed by atoms with van der Waals surface area (Å²) in [5.41, 5.74) is 2.74. The summed E-state index contributed by atoms with van der Waals surface area (Å²) >= 11 is 6.48. The fourth-order valence-electron chi connectivity index (χ4n) is 4.29. The van der Waals surface area contributed by atoms with Crippen LogP contribution >= 0.6 is 11.6 Å². The molecule has 0 unspecified atom stereocenters. The molecule has 2 aromatic heterocycles. The summed E-state index contributed by atoms with van der Waals surface area (Å²) in [5, 5.41) is 5.50. The van der Waals surface area contributed by atoms with Crippen LogP contribution in [-0.4, -0.2) is 55.3 Å². The molecule has 0 aliphatic rings. The van der Waals surface area contributed by atoms with E-state index in [2.05, 4.69) is 20.0 Å². The van der Waals surface area contributed by atoms with Gasteiger partial charge in [0.1, 0.15) is 51.7 Å². The van der Waals surface area contributed by atoms with E-state index in [1.165, 1.54) is 18.5 Å². The Morgan fingerprint density at radius 1 is 1.07 bits per heavy atom. The fraction of sp³-hybridized carbons (Fsp3) is 0.194. The van der Waals surface area contributed by atoms with E-state index in [-0.39, 0.29) is 31.3 Å². The van der Waals surface area contributed by atoms with Crippen LogP contribution in [-0.2, 0) is 32.6 Å². The Morgan fingerprint density at radius 2 is 1.91 bits per heavy atom. The van der Waals surface area contributed by atoms with Crippen LogP contribution in [0, 0.1) is 5.82 Å². The van der Waals surface area contributed by atoms with Crippen molar-refractivity contribution in [2.45, 2.75) is 13.2 Å². The number of methoxy groups -OCH3 is 1. The average molecular weight is 655 g/mol. The molecule has 0 aliphatic heterocycles. The Bertz CT molecular complexity index is 1940. The van der Waals surface area contributed by atoms with Crippen molar-refractivity contribution in [2.24, 2.45) is 0 Å². The number of rotatable bonds is 12. The van der Waals surface area contributed by atoms with Crippen molar-refractivity contribution in [3.05, 3.63) is 101 Å². The molecule has 0 saturated heterocycles. The van der Waals surface area contributed by atoms with Gasteiger partial charge in [-0.3, -0.25) is 0 Å². The van der Waals surface area contributed by atoms with Crippen LogP contribution in [0.2, 0.25) is 5.02 Å². The maximum absolute atomic E-state index is 13.5. The summed E-state index contributed by atoms with van der Waals surface area (Å²) in [5.74, 6) is 1.35. The smallest absolute Gasteiger partial charge is 0.487 e. The third-order valence-corrected chi connectivity index (χ3v) is 7.69. The Morgan fingerprint density at radius 3 is 2.67 bits per heavy atom. The molecular weight excluding hydrogens is 627 g/mol. The predicted octanol–water partition coefficient (Wildman–Crippen LogP) is 6.55. The molecule has 0 radical (unpaired) electrons. The van der Waals surface area contributed by atoms with Crippen LogP contribution < -0.4 is 10.1 Å². The molecule has 0 amide bonds. The lowest BCUT2D eigenvalue weighted by atomic mass is 10.1. The standard InChI is InChI=1S/C31H28ClFN4O7S/c1-41-31(38)44-37(12-13-45(2,39)40)17-24-8-11-28(43-24)21-6-9-27-25(15-21)30(35-19-34-27)36-23-7-10-29(26(32)16-23)42-18-20-4-3-5-22(33)14-20/h3-11,14-16,19H,12-13,17-18H2,1-2H3,(H,34,35,36). The molecule has 5 aromatic rings. The number of sulfone groups is 1.